The molecule has 0 unspecified atom stereocenters. The van der Waals surface area contributed by atoms with Crippen LogP contribution in [0.4, 0.5) is 0 Å². The normalized spacial score (nSPS) is 8.78. The van der Waals surface area contributed by atoms with E-state index >= 15 is 0 Å². The van der Waals surface area contributed by atoms with Crippen LogP contribution in [0.2, 0.25) is 0 Å². The van der Waals surface area contributed by atoms with E-state index in [0.717, 1.165) is 6.08 Å². The summed E-state index contributed by atoms with van der Waals surface area (Å²) in [5.41, 5.74) is 0. The van der Waals surface area contributed by atoms with Gasteiger partial charge in [0.1, 0.15) is 0 Å². The first-order valence-corrected chi connectivity index (χ1v) is 1.84. The first-order valence-electron chi connectivity index (χ1n) is 1.84. The Balaban J connectivity index is -0.000000180. The van der Waals surface area contributed by atoms with Crippen molar-refractivity contribution in [2.24, 2.45) is 0 Å². The van der Waals surface area contributed by atoms with Crippen molar-refractivity contribution < 1.29 is 47.9 Å². The molecule has 0 aliphatic carbocycles. The van der Waals surface area contributed by atoms with Crippen LogP contribution in [0.25, 0.3) is 0 Å². The average molecular weight is 112 g/mol. The van der Waals surface area contributed by atoms with Gasteiger partial charge in [-0.25, -0.2) is 0 Å². The van der Waals surface area contributed by atoms with Gasteiger partial charge in [0.15, 0.2) is 0 Å². The van der Waals surface area contributed by atoms with Crippen LogP contribution in [0.5, 0.6) is 0 Å². The molecule has 9 heavy (non-hydrogen) atoms. The summed E-state index contributed by atoms with van der Waals surface area (Å²) in [5.74, 6) is -0.687. The molecule has 0 spiro atoms. The van der Waals surface area contributed by atoms with E-state index in [1.165, 1.54) is 6.92 Å². The summed E-state index contributed by atoms with van der Waals surface area (Å²) in [5, 5.41) is 19.8. The maximum absolute atomic E-state index is 9.94. The Kier molecular flexibility index (Phi) is 14.8. The molecule has 0 aromatic rings. The van der Waals surface area contributed by atoms with Crippen LogP contribution in [0.1, 0.15) is 6.92 Å². The van der Waals surface area contributed by atoms with Crippen LogP contribution >= 0.6 is 0 Å². The Morgan fingerprint density at radius 3 is 1.67 bits per heavy atom. The average Bonchev–Trinajstić information content (AvgIpc) is 1.27. The van der Waals surface area contributed by atoms with E-state index in [4.69, 9.17) is 0 Å². The molecule has 0 aliphatic rings. The van der Waals surface area contributed by atoms with Crippen LogP contribution in [0.3, 0.4) is 0 Å². The van der Waals surface area contributed by atoms with E-state index in [1.807, 2.05) is 0 Å². The van der Waals surface area contributed by atoms with Crippen molar-refractivity contribution in [3.8, 4) is 0 Å². The van der Waals surface area contributed by atoms with Gasteiger partial charge >= 0.3 is 37.7 Å². The first kappa shape index (κ1) is 16.1. The largest absolute Gasteiger partial charge is 1.00 e. The van der Waals surface area contributed by atoms with Gasteiger partial charge in [-0.1, -0.05) is 13.0 Å². The van der Waals surface area contributed by atoms with E-state index in [0.29, 0.717) is 0 Å². The number of rotatable bonds is 1. The second kappa shape index (κ2) is 8.27. The van der Waals surface area contributed by atoms with Gasteiger partial charge < -0.3 is 10.2 Å². The second-order valence-electron chi connectivity index (χ2n) is 1.22. The molecule has 0 aliphatic heterocycles. The van der Waals surface area contributed by atoms with E-state index in [-0.39, 0.29) is 43.5 Å². The number of hydrogen-bond donors (Lipinski definition) is 0. The summed E-state index contributed by atoms with van der Waals surface area (Å²) in [6.07, 6.45) is 0.944. The van der Waals surface area contributed by atoms with Gasteiger partial charge in [-0.15, -0.1) is 18.1 Å². The molecule has 4 heteroatoms. The third-order valence-corrected chi connectivity index (χ3v) is 0.364. The van der Waals surface area contributed by atoms with Crippen molar-refractivity contribution in [2.45, 2.75) is 6.92 Å². The van der Waals surface area contributed by atoms with E-state index in [1.54, 1.807) is 0 Å². The molecule has 0 aromatic heterocycles. The molecule has 2 nitrogen and oxygen atoms in total. The standard InChI is InChI=1S/C5H8O2.2Li/c1-4(6)3-5(2)7;;/h3,6-7H,1H2,2H3;;/q;2*+1/p-2/b5-3+;;. The van der Waals surface area contributed by atoms with Crippen molar-refractivity contribution >= 4 is 0 Å². The molecule has 0 heterocycles. The van der Waals surface area contributed by atoms with Crippen molar-refractivity contribution in [2.75, 3.05) is 0 Å². The summed E-state index contributed by atoms with van der Waals surface area (Å²) in [4.78, 5) is 0. The topological polar surface area (TPSA) is 46.1 Å². The van der Waals surface area contributed by atoms with Gasteiger partial charge in [0, 0.05) is 0 Å². The maximum atomic E-state index is 9.94. The van der Waals surface area contributed by atoms with Crippen molar-refractivity contribution in [3.05, 3.63) is 24.2 Å². The molecule has 0 saturated carbocycles. The fourth-order valence-corrected chi connectivity index (χ4v) is 0.227. The monoisotopic (exact) mass is 112 g/mol. The van der Waals surface area contributed by atoms with Gasteiger partial charge in [-0.3, -0.25) is 0 Å². The van der Waals surface area contributed by atoms with Gasteiger partial charge in [0.05, 0.1) is 0 Å². The van der Waals surface area contributed by atoms with Gasteiger partial charge in [0.2, 0.25) is 0 Å². The quantitative estimate of drug-likeness (QED) is 0.192. The Labute approximate surface area is 79.0 Å². The SMILES string of the molecule is C=C([O-])/C=C(\C)[O-].[Li+].[Li+]. The maximum Gasteiger partial charge on any atom is 1.00 e. The molecule has 0 radical (unpaired) electrons. The minimum atomic E-state index is -0.437. The molecule has 40 valence electrons. The Hall–Kier alpha value is 0.275. The summed E-state index contributed by atoms with van der Waals surface area (Å²) in [7, 11) is 0. The van der Waals surface area contributed by atoms with E-state index in [9.17, 15) is 10.2 Å². The van der Waals surface area contributed by atoms with Crippen LogP contribution in [-0.2, 0) is 0 Å². The van der Waals surface area contributed by atoms with Crippen molar-refractivity contribution in [1.82, 2.24) is 0 Å². The fraction of sp³-hybridized carbons (Fsp3) is 0.200. The van der Waals surface area contributed by atoms with Gasteiger partial charge in [-0.05, 0) is 0 Å². The minimum absolute atomic E-state index is 0. The van der Waals surface area contributed by atoms with Crippen molar-refractivity contribution in [3.63, 3.8) is 0 Å². The Morgan fingerprint density at radius 1 is 1.33 bits per heavy atom. The third-order valence-electron chi connectivity index (χ3n) is 0.364. The zero-order chi connectivity index (χ0) is 5.86. The van der Waals surface area contributed by atoms with Crippen LogP contribution < -0.4 is 47.9 Å². The summed E-state index contributed by atoms with van der Waals surface area (Å²) < 4.78 is 0. The van der Waals surface area contributed by atoms with Gasteiger partial charge in [-0.2, -0.15) is 0 Å². The van der Waals surface area contributed by atoms with Crippen LogP contribution in [0.15, 0.2) is 24.2 Å². The molecule has 0 N–H and O–H groups in total. The fourth-order valence-electron chi connectivity index (χ4n) is 0.227. The predicted octanol–water partition coefficient (Wildman–Crippen LogP) is -6.87. The summed E-state index contributed by atoms with van der Waals surface area (Å²) in [6, 6.07) is 0. The molecule has 0 amide bonds. The molecule has 0 atom stereocenters. The number of allylic oxidation sites excluding steroid dienone is 2. The van der Waals surface area contributed by atoms with E-state index < -0.39 is 5.76 Å². The zero-order valence-electron chi connectivity index (χ0n) is 6.10. The minimum Gasteiger partial charge on any atom is -0.876 e. The van der Waals surface area contributed by atoms with Gasteiger partial charge in [0.25, 0.3) is 0 Å². The third kappa shape index (κ3) is 17.8. The summed E-state index contributed by atoms with van der Waals surface area (Å²) >= 11 is 0. The molecular weight excluding hydrogens is 106 g/mol. The summed E-state index contributed by atoms with van der Waals surface area (Å²) in [6.45, 7) is 4.27. The Bertz CT molecular complexity index is 106. The van der Waals surface area contributed by atoms with E-state index in [2.05, 4.69) is 6.58 Å². The second-order valence-corrected chi connectivity index (χ2v) is 1.22. The molecule has 0 saturated heterocycles. The molecule has 0 fully saturated rings. The predicted molar refractivity (Wildman–Crippen MR) is 22.9 cm³/mol. The number of hydrogen-bond acceptors (Lipinski definition) is 2. The molecular formula is C5H6Li2O2. The molecule has 0 rings (SSSR count). The Morgan fingerprint density at radius 2 is 1.67 bits per heavy atom. The first-order chi connectivity index (χ1) is 3.13. The van der Waals surface area contributed by atoms with Crippen LogP contribution in [0, 0.1) is 0 Å². The smallest absolute Gasteiger partial charge is 0.876 e. The molecule has 0 aromatic carbocycles. The molecule has 0 bridgehead atoms. The van der Waals surface area contributed by atoms with Crippen LogP contribution in [-0.4, -0.2) is 0 Å². The van der Waals surface area contributed by atoms with Crippen molar-refractivity contribution in [1.29, 1.82) is 0 Å². The zero-order valence-corrected chi connectivity index (χ0v) is 6.10.